The van der Waals surface area contributed by atoms with Gasteiger partial charge in [-0.2, -0.15) is 5.10 Å². The minimum atomic E-state index is -0.406. The molecule has 0 aliphatic heterocycles. The van der Waals surface area contributed by atoms with Crippen molar-refractivity contribution in [1.82, 2.24) is 14.8 Å². The smallest absolute Gasteiger partial charge is 0.155 e. The van der Waals surface area contributed by atoms with Crippen LogP contribution in [0.5, 0.6) is 0 Å². The van der Waals surface area contributed by atoms with Crippen molar-refractivity contribution in [2.75, 3.05) is 5.73 Å². The van der Waals surface area contributed by atoms with Gasteiger partial charge >= 0.3 is 0 Å². The summed E-state index contributed by atoms with van der Waals surface area (Å²) >= 11 is 3.01. The maximum Gasteiger partial charge on any atom is 0.155 e. The maximum absolute atomic E-state index is 7.74. The minimum absolute atomic E-state index is 0.141. The lowest BCUT2D eigenvalue weighted by Gasteiger charge is -1.99. The van der Waals surface area contributed by atoms with Gasteiger partial charge in [0.25, 0.3) is 0 Å². The summed E-state index contributed by atoms with van der Waals surface area (Å²) in [4.78, 5) is 3.71. The summed E-state index contributed by atoms with van der Waals surface area (Å²) in [7, 11) is 0. The second-order valence-corrected chi connectivity index (χ2v) is 2.95. The molecular formula is C8H7BrN4. The summed E-state index contributed by atoms with van der Waals surface area (Å²) in [6.07, 6.45) is -0.755. The Morgan fingerprint density at radius 3 is 3.15 bits per heavy atom. The van der Waals surface area contributed by atoms with Crippen molar-refractivity contribution in [3.63, 3.8) is 0 Å². The number of nitrogens with zero attached hydrogens (tertiary/aromatic N) is 3. The Kier molecular flexibility index (Phi) is 1.04. The second kappa shape index (κ2) is 3.18. The van der Waals surface area contributed by atoms with Gasteiger partial charge in [0, 0.05) is 24.1 Å². The highest BCUT2D eigenvalue weighted by molar-refractivity contribution is 9.10. The fourth-order valence-corrected chi connectivity index (χ4v) is 1.01. The van der Waals surface area contributed by atoms with E-state index < -0.39 is 6.17 Å². The van der Waals surface area contributed by atoms with E-state index in [1.54, 1.807) is 0 Å². The van der Waals surface area contributed by atoms with Crippen LogP contribution in [0, 0.1) is 0 Å². The predicted molar refractivity (Wildman–Crippen MR) is 53.5 cm³/mol. The molecule has 13 heavy (non-hydrogen) atoms. The third kappa shape index (κ3) is 1.70. The van der Waals surface area contributed by atoms with Crippen LogP contribution in [0.2, 0.25) is 0 Å². The van der Waals surface area contributed by atoms with Crippen molar-refractivity contribution >= 4 is 21.6 Å². The second-order valence-electron chi connectivity index (χ2n) is 2.16. The normalized spacial score (nSPS) is 15.6. The van der Waals surface area contributed by atoms with Gasteiger partial charge in [-0.1, -0.05) is 0 Å². The number of aromatic nitrogens is 3. The summed E-state index contributed by atoms with van der Waals surface area (Å²) in [5.41, 5.74) is 5.31. The van der Waals surface area contributed by atoms with Crippen LogP contribution in [0.15, 0.2) is 35.1 Å². The molecule has 0 aliphatic carbocycles. The monoisotopic (exact) mass is 243 g/mol. The van der Waals surface area contributed by atoms with E-state index in [2.05, 4.69) is 26.0 Å². The maximum atomic E-state index is 7.74. The lowest BCUT2D eigenvalue weighted by atomic mass is 10.4. The summed E-state index contributed by atoms with van der Waals surface area (Å²) in [6.45, 7) is 0. The molecule has 66 valence electrons. The third-order valence-electron chi connectivity index (χ3n) is 1.25. The van der Waals surface area contributed by atoms with Crippen LogP contribution >= 0.6 is 15.9 Å². The summed E-state index contributed by atoms with van der Waals surface area (Å²) < 4.78 is 38.9. The van der Waals surface area contributed by atoms with Gasteiger partial charge in [-0.3, -0.25) is 0 Å². The van der Waals surface area contributed by atoms with Crippen LogP contribution < -0.4 is 5.73 Å². The van der Waals surface area contributed by atoms with Crippen LogP contribution in [-0.4, -0.2) is 14.8 Å². The Hall–Kier alpha value is -1.36. The molecule has 2 rings (SSSR count). The van der Waals surface area contributed by atoms with Crippen LogP contribution in [-0.2, 0) is 0 Å². The van der Waals surface area contributed by atoms with E-state index in [9.17, 15) is 0 Å². The highest BCUT2D eigenvalue weighted by atomic mass is 79.9. The van der Waals surface area contributed by atoms with Gasteiger partial charge in [-0.15, -0.1) is 0 Å². The highest BCUT2D eigenvalue weighted by Crippen LogP contribution is 2.12. The molecule has 2 N–H and O–H groups in total. The SMILES string of the molecule is [2H]c1nc(-n2nc([2H])c(Br)c2[2H])c([2H])c(N)c1[2H]. The molecule has 5 heteroatoms. The fourth-order valence-electron chi connectivity index (χ4n) is 0.758. The van der Waals surface area contributed by atoms with E-state index in [0.717, 1.165) is 4.68 Å². The van der Waals surface area contributed by atoms with Crippen molar-refractivity contribution in [1.29, 1.82) is 0 Å². The minimum Gasteiger partial charge on any atom is -0.399 e. The highest BCUT2D eigenvalue weighted by Gasteiger charge is 1.99. The molecular weight excluding hydrogens is 232 g/mol. The van der Waals surface area contributed by atoms with Crippen molar-refractivity contribution < 1.29 is 6.85 Å². The van der Waals surface area contributed by atoms with Gasteiger partial charge in [0.15, 0.2) is 5.82 Å². The van der Waals surface area contributed by atoms with Gasteiger partial charge in [0.1, 0.15) is 0 Å². The standard InChI is InChI=1S/C8H7BrN4/c9-6-4-12-13(5-6)8-3-7(10)1-2-11-8/h1-5H,(H2,10,11)/i1D,2D,3D,4D,5D. The molecule has 0 saturated carbocycles. The molecule has 0 unspecified atom stereocenters. The quantitative estimate of drug-likeness (QED) is 0.829. The van der Waals surface area contributed by atoms with Gasteiger partial charge < -0.3 is 5.73 Å². The number of rotatable bonds is 1. The van der Waals surface area contributed by atoms with E-state index >= 15 is 0 Å². The van der Waals surface area contributed by atoms with E-state index in [1.165, 1.54) is 0 Å². The zero-order chi connectivity index (χ0) is 13.6. The molecule has 0 atom stereocenters. The molecule has 0 saturated heterocycles. The fraction of sp³-hybridized carbons (Fsp3) is 0. The Morgan fingerprint density at radius 2 is 2.46 bits per heavy atom. The average Bonchev–Trinajstić information content (AvgIpc) is 2.59. The van der Waals surface area contributed by atoms with Gasteiger partial charge in [0.2, 0.25) is 0 Å². The molecule has 0 amide bonds. The number of nitrogen functional groups attached to an aromatic ring is 1. The van der Waals surface area contributed by atoms with E-state index in [4.69, 9.17) is 12.6 Å². The first-order valence-corrected chi connectivity index (χ1v) is 4.09. The predicted octanol–water partition coefficient (Wildman–Crippen LogP) is 1.61. The summed E-state index contributed by atoms with van der Waals surface area (Å²) in [5.74, 6) is -0.141. The summed E-state index contributed by atoms with van der Waals surface area (Å²) in [6, 6.07) is -0.632. The first-order valence-electron chi connectivity index (χ1n) is 5.80. The van der Waals surface area contributed by atoms with Crippen LogP contribution in [0.1, 0.15) is 6.85 Å². The molecule has 0 spiro atoms. The number of halogens is 1. The average molecular weight is 244 g/mol. The van der Waals surface area contributed by atoms with E-state index in [0.29, 0.717) is 0 Å². The van der Waals surface area contributed by atoms with Crippen molar-refractivity contribution in [2.24, 2.45) is 0 Å². The largest absolute Gasteiger partial charge is 0.399 e. The van der Waals surface area contributed by atoms with Crippen molar-refractivity contribution in [3.8, 4) is 5.82 Å². The van der Waals surface area contributed by atoms with Crippen LogP contribution in [0.4, 0.5) is 5.69 Å². The Bertz CT molecular complexity index is 641. The topological polar surface area (TPSA) is 56.7 Å². The Morgan fingerprint density at radius 1 is 1.62 bits per heavy atom. The first-order chi connectivity index (χ1) is 8.34. The van der Waals surface area contributed by atoms with Gasteiger partial charge in [-0.25, -0.2) is 9.67 Å². The zero-order valence-electron chi connectivity index (χ0n) is 11.3. The zero-order valence-corrected chi connectivity index (χ0v) is 7.88. The molecule has 0 aromatic carbocycles. The molecule has 0 aliphatic rings. The van der Waals surface area contributed by atoms with Crippen LogP contribution in [0.25, 0.3) is 5.82 Å². The molecule has 4 nitrogen and oxygen atoms in total. The third-order valence-corrected chi connectivity index (χ3v) is 1.61. The molecule has 0 fully saturated rings. The Labute approximate surface area is 90.5 Å². The Balaban J connectivity index is 2.76. The van der Waals surface area contributed by atoms with Crippen molar-refractivity contribution in [2.45, 2.75) is 0 Å². The molecule has 2 aromatic heterocycles. The molecule has 2 heterocycles. The molecule has 0 bridgehead atoms. The van der Waals surface area contributed by atoms with E-state index in [-0.39, 0.29) is 40.4 Å². The first kappa shape index (κ1) is 4.23. The van der Waals surface area contributed by atoms with Gasteiger partial charge in [0.05, 0.1) is 17.5 Å². The number of nitrogens with two attached hydrogens (primary N) is 1. The number of pyridine rings is 1. The van der Waals surface area contributed by atoms with Crippen LogP contribution in [0.3, 0.4) is 0 Å². The number of hydrogen-bond acceptors (Lipinski definition) is 3. The summed E-state index contributed by atoms with van der Waals surface area (Å²) in [5, 5.41) is 3.72. The van der Waals surface area contributed by atoms with Gasteiger partial charge in [-0.05, 0) is 22.0 Å². The number of hydrogen-bond donors (Lipinski definition) is 1. The lowest BCUT2D eigenvalue weighted by Crippen LogP contribution is -1.98. The lowest BCUT2D eigenvalue weighted by molar-refractivity contribution is 0.847. The molecule has 2 aromatic rings. The number of anilines is 1. The molecule has 0 radical (unpaired) electrons. The van der Waals surface area contributed by atoms with Crippen molar-refractivity contribution in [3.05, 3.63) is 35.1 Å². The van der Waals surface area contributed by atoms with E-state index in [1.807, 2.05) is 0 Å².